The van der Waals surface area contributed by atoms with Crippen molar-refractivity contribution in [3.8, 4) is 5.75 Å². The quantitative estimate of drug-likeness (QED) is 0.482. The minimum absolute atomic E-state index is 0.286. The van der Waals surface area contributed by atoms with Crippen molar-refractivity contribution >= 4 is 63.2 Å². The molecule has 3 rings (SSSR count). The monoisotopic (exact) mass is 508 g/mol. The van der Waals surface area contributed by atoms with Gasteiger partial charge in [0.2, 0.25) is 5.91 Å². The van der Waals surface area contributed by atoms with Gasteiger partial charge in [-0.1, -0.05) is 23.8 Å². The van der Waals surface area contributed by atoms with Crippen molar-refractivity contribution in [2.24, 2.45) is 0 Å². The van der Waals surface area contributed by atoms with Gasteiger partial charge in [-0.3, -0.25) is 19.3 Å². The van der Waals surface area contributed by atoms with E-state index < -0.39 is 17.1 Å². The molecule has 1 aliphatic rings. The highest BCUT2D eigenvalue weighted by molar-refractivity contribution is 14.1. The highest BCUT2D eigenvalue weighted by Gasteiger charge is 2.36. The number of anilines is 1. The van der Waals surface area contributed by atoms with Gasteiger partial charge in [0.05, 0.1) is 15.6 Å². The van der Waals surface area contributed by atoms with E-state index >= 15 is 0 Å². The molecule has 0 bridgehead atoms. The summed E-state index contributed by atoms with van der Waals surface area (Å²) in [5.41, 5.74) is 2.47. The molecule has 6 nitrogen and oxygen atoms in total. The van der Waals surface area contributed by atoms with Crippen LogP contribution < -0.4 is 10.1 Å². The van der Waals surface area contributed by atoms with E-state index in [2.05, 4.69) is 27.9 Å². The predicted molar refractivity (Wildman–Crippen MR) is 118 cm³/mol. The zero-order valence-electron chi connectivity index (χ0n) is 15.2. The molecule has 0 unspecified atom stereocenters. The van der Waals surface area contributed by atoms with Gasteiger partial charge in [0.1, 0.15) is 12.3 Å². The van der Waals surface area contributed by atoms with Gasteiger partial charge in [-0.05, 0) is 77.2 Å². The summed E-state index contributed by atoms with van der Waals surface area (Å²) < 4.78 is 6.11. The SMILES string of the molecule is COc1ccc(/C=C2\SC(=O)N(CC(=O)Nc3ccc(C)cc3)C2=O)cc1I. The average molecular weight is 508 g/mol. The number of aryl methyl sites for hydroxylation is 1. The van der Waals surface area contributed by atoms with Crippen molar-refractivity contribution in [2.75, 3.05) is 19.0 Å². The number of imide groups is 1. The summed E-state index contributed by atoms with van der Waals surface area (Å²) in [5, 5.41) is 2.23. The van der Waals surface area contributed by atoms with Crippen molar-refractivity contribution in [1.82, 2.24) is 4.90 Å². The maximum Gasteiger partial charge on any atom is 0.294 e. The minimum atomic E-state index is -0.472. The van der Waals surface area contributed by atoms with E-state index in [-0.39, 0.29) is 11.4 Å². The maximum absolute atomic E-state index is 12.6. The molecule has 1 fully saturated rings. The number of carbonyl (C=O) groups is 3. The Kier molecular flexibility index (Phi) is 6.40. The Morgan fingerprint density at radius 2 is 1.93 bits per heavy atom. The van der Waals surface area contributed by atoms with E-state index in [0.717, 1.165) is 37.1 Å². The molecule has 28 heavy (non-hydrogen) atoms. The van der Waals surface area contributed by atoms with Gasteiger partial charge in [-0.2, -0.15) is 0 Å². The molecule has 1 aliphatic heterocycles. The largest absolute Gasteiger partial charge is 0.496 e. The van der Waals surface area contributed by atoms with Crippen LogP contribution in [0.2, 0.25) is 0 Å². The smallest absolute Gasteiger partial charge is 0.294 e. The maximum atomic E-state index is 12.6. The van der Waals surface area contributed by atoms with Crippen LogP contribution in [0.3, 0.4) is 0 Å². The first-order chi connectivity index (χ1) is 13.4. The van der Waals surface area contributed by atoms with E-state index in [1.54, 1.807) is 37.5 Å². The molecule has 1 heterocycles. The first-order valence-electron chi connectivity index (χ1n) is 8.33. The number of hydrogen-bond acceptors (Lipinski definition) is 5. The number of hydrogen-bond donors (Lipinski definition) is 1. The molecule has 0 atom stereocenters. The summed E-state index contributed by atoms with van der Waals surface area (Å²) in [5.74, 6) is -0.162. The van der Waals surface area contributed by atoms with Crippen LogP contribution in [0.1, 0.15) is 11.1 Å². The third kappa shape index (κ3) is 4.74. The van der Waals surface area contributed by atoms with E-state index in [0.29, 0.717) is 5.69 Å². The van der Waals surface area contributed by atoms with Gasteiger partial charge in [0.15, 0.2) is 0 Å². The Morgan fingerprint density at radius 1 is 1.21 bits per heavy atom. The van der Waals surface area contributed by atoms with Crippen LogP contribution in [0, 0.1) is 10.5 Å². The van der Waals surface area contributed by atoms with Crippen molar-refractivity contribution in [2.45, 2.75) is 6.92 Å². The van der Waals surface area contributed by atoms with Gasteiger partial charge < -0.3 is 10.1 Å². The molecule has 0 spiro atoms. The molecule has 1 saturated heterocycles. The van der Waals surface area contributed by atoms with Crippen LogP contribution in [-0.2, 0) is 9.59 Å². The predicted octanol–water partition coefficient (Wildman–Crippen LogP) is 4.28. The topological polar surface area (TPSA) is 75.7 Å². The number of nitrogens with one attached hydrogen (secondary N) is 1. The van der Waals surface area contributed by atoms with Crippen LogP contribution in [-0.4, -0.2) is 35.6 Å². The van der Waals surface area contributed by atoms with Crippen molar-refractivity contribution in [3.63, 3.8) is 0 Å². The third-order valence-electron chi connectivity index (χ3n) is 3.98. The summed E-state index contributed by atoms with van der Waals surface area (Å²) >= 11 is 2.97. The van der Waals surface area contributed by atoms with Crippen molar-refractivity contribution in [3.05, 3.63) is 62.1 Å². The van der Waals surface area contributed by atoms with E-state index in [1.807, 2.05) is 25.1 Å². The summed E-state index contributed by atoms with van der Waals surface area (Å²) in [7, 11) is 1.59. The Morgan fingerprint density at radius 3 is 2.57 bits per heavy atom. The Balaban J connectivity index is 1.69. The fraction of sp³-hybridized carbons (Fsp3) is 0.150. The van der Waals surface area contributed by atoms with Gasteiger partial charge in [0.25, 0.3) is 11.1 Å². The average Bonchev–Trinajstić information content (AvgIpc) is 2.91. The van der Waals surface area contributed by atoms with Crippen LogP contribution in [0.15, 0.2) is 47.4 Å². The molecule has 0 saturated carbocycles. The summed E-state index contributed by atoms with van der Waals surface area (Å²) in [6, 6.07) is 12.7. The van der Waals surface area contributed by atoms with Crippen molar-refractivity contribution < 1.29 is 19.1 Å². The third-order valence-corrected chi connectivity index (χ3v) is 5.73. The number of carbonyl (C=O) groups excluding carboxylic acids is 3. The molecule has 3 amide bonds. The van der Waals surface area contributed by atoms with Crippen LogP contribution in [0.4, 0.5) is 10.5 Å². The second-order valence-electron chi connectivity index (χ2n) is 6.08. The van der Waals surface area contributed by atoms with Gasteiger partial charge in [-0.15, -0.1) is 0 Å². The van der Waals surface area contributed by atoms with Gasteiger partial charge in [-0.25, -0.2) is 0 Å². The number of rotatable bonds is 5. The number of halogens is 1. The first-order valence-corrected chi connectivity index (χ1v) is 10.2. The van der Waals surface area contributed by atoms with Crippen molar-refractivity contribution in [1.29, 1.82) is 0 Å². The van der Waals surface area contributed by atoms with Crippen LogP contribution in [0.5, 0.6) is 5.75 Å². The highest BCUT2D eigenvalue weighted by atomic mass is 127. The van der Waals surface area contributed by atoms with Gasteiger partial charge >= 0.3 is 0 Å². The fourth-order valence-electron chi connectivity index (χ4n) is 2.54. The summed E-state index contributed by atoms with van der Waals surface area (Å²) in [6.07, 6.45) is 1.64. The number of methoxy groups -OCH3 is 1. The standard InChI is InChI=1S/C20H17IN2O4S/c1-12-3-6-14(7-4-12)22-18(24)11-23-19(25)17(28-20(23)26)10-13-5-8-16(27-2)15(21)9-13/h3-10H,11H2,1-2H3,(H,22,24)/b17-10-. The lowest BCUT2D eigenvalue weighted by Crippen LogP contribution is -2.36. The number of benzene rings is 2. The zero-order chi connectivity index (χ0) is 20.3. The van der Waals surface area contributed by atoms with E-state index in [9.17, 15) is 14.4 Å². The highest BCUT2D eigenvalue weighted by Crippen LogP contribution is 2.33. The molecule has 0 radical (unpaired) electrons. The van der Waals surface area contributed by atoms with Crippen LogP contribution >= 0.6 is 34.4 Å². The molecule has 144 valence electrons. The van der Waals surface area contributed by atoms with E-state index in [4.69, 9.17) is 4.74 Å². The number of ether oxygens (including phenoxy) is 1. The Hall–Kier alpha value is -2.33. The Labute approximate surface area is 180 Å². The lowest BCUT2D eigenvalue weighted by molar-refractivity contribution is -0.127. The molecule has 2 aromatic carbocycles. The zero-order valence-corrected chi connectivity index (χ0v) is 18.2. The minimum Gasteiger partial charge on any atom is -0.496 e. The Bertz CT molecular complexity index is 973. The van der Waals surface area contributed by atoms with E-state index in [1.165, 1.54) is 0 Å². The second-order valence-corrected chi connectivity index (χ2v) is 8.23. The molecular weight excluding hydrogens is 491 g/mol. The summed E-state index contributed by atoms with van der Waals surface area (Å²) in [6.45, 7) is 1.62. The number of nitrogens with zero attached hydrogens (tertiary/aromatic N) is 1. The number of thioether (sulfide) groups is 1. The molecular formula is C20H17IN2O4S. The van der Waals surface area contributed by atoms with Gasteiger partial charge in [0, 0.05) is 5.69 Å². The molecule has 0 aromatic heterocycles. The lowest BCUT2D eigenvalue weighted by atomic mass is 10.2. The molecule has 1 N–H and O–H groups in total. The second kappa shape index (κ2) is 8.78. The first kappa shape index (κ1) is 20.4. The molecule has 8 heteroatoms. The lowest BCUT2D eigenvalue weighted by Gasteiger charge is -2.12. The molecule has 0 aliphatic carbocycles. The molecule has 2 aromatic rings. The summed E-state index contributed by atoms with van der Waals surface area (Å²) in [4.78, 5) is 38.2. The fourth-order valence-corrected chi connectivity index (χ4v) is 4.14. The normalized spacial score (nSPS) is 15.2. The number of amides is 3. The van der Waals surface area contributed by atoms with Crippen LogP contribution in [0.25, 0.3) is 6.08 Å².